The fraction of sp³-hybridized carbons (Fsp3) is 0.636. The van der Waals surface area contributed by atoms with Gasteiger partial charge in [-0.1, -0.05) is 5.16 Å². The standard InChI is InChI=1S/C11H19N3O4S/c1-7(2)12-10(15)6-14(5)19(16,17)11-8(3)13-18-9(11)4/h7H,6H2,1-5H3,(H,12,15). The van der Waals surface area contributed by atoms with Gasteiger partial charge in [0.15, 0.2) is 5.76 Å². The van der Waals surface area contributed by atoms with Gasteiger partial charge in [-0.2, -0.15) is 4.31 Å². The van der Waals surface area contributed by atoms with E-state index in [2.05, 4.69) is 10.5 Å². The van der Waals surface area contributed by atoms with Gasteiger partial charge in [0, 0.05) is 13.1 Å². The van der Waals surface area contributed by atoms with Gasteiger partial charge >= 0.3 is 0 Å². The zero-order valence-electron chi connectivity index (χ0n) is 11.7. The number of aromatic nitrogens is 1. The first kappa shape index (κ1) is 15.6. The summed E-state index contributed by atoms with van der Waals surface area (Å²) in [5.74, 6) is -0.138. The van der Waals surface area contributed by atoms with E-state index in [0.29, 0.717) is 0 Å². The fourth-order valence-electron chi connectivity index (χ4n) is 1.65. The summed E-state index contributed by atoms with van der Waals surface area (Å²) in [6, 6.07) is -0.0392. The van der Waals surface area contributed by atoms with Crippen LogP contribution in [0.5, 0.6) is 0 Å². The van der Waals surface area contributed by atoms with Crippen molar-refractivity contribution in [2.45, 2.75) is 38.6 Å². The van der Waals surface area contributed by atoms with Crippen LogP contribution >= 0.6 is 0 Å². The van der Waals surface area contributed by atoms with E-state index in [-0.39, 0.29) is 34.8 Å². The molecule has 1 amide bonds. The average Bonchev–Trinajstić information content (AvgIpc) is 2.57. The highest BCUT2D eigenvalue weighted by Gasteiger charge is 2.29. The van der Waals surface area contributed by atoms with Crippen LogP contribution in [-0.2, 0) is 14.8 Å². The number of amides is 1. The van der Waals surface area contributed by atoms with Crippen molar-refractivity contribution in [3.05, 3.63) is 11.5 Å². The first-order valence-electron chi connectivity index (χ1n) is 5.84. The molecule has 108 valence electrons. The average molecular weight is 289 g/mol. The van der Waals surface area contributed by atoms with E-state index >= 15 is 0 Å². The summed E-state index contributed by atoms with van der Waals surface area (Å²) in [5, 5.41) is 6.25. The number of nitrogens with zero attached hydrogens (tertiary/aromatic N) is 2. The monoisotopic (exact) mass is 289 g/mol. The van der Waals surface area contributed by atoms with Gasteiger partial charge in [0.1, 0.15) is 10.6 Å². The maximum atomic E-state index is 12.3. The summed E-state index contributed by atoms with van der Waals surface area (Å²) in [6.45, 7) is 6.44. The summed E-state index contributed by atoms with van der Waals surface area (Å²) >= 11 is 0. The quantitative estimate of drug-likeness (QED) is 0.849. The van der Waals surface area contributed by atoms with Crippen molar-refractivity contribution in [1.82, 2.24) is 14.8 Å². The molecule has 0 aromatic carbocycles. The van der Waals surface area contributed by atoms with Crippen LogP contribution in [0.15, 0.2) is 9.42 Å². The van der Waals surface area contributed by atoms with Crippen molar-refractivity contribution in [2.75, 3.05) is 13.6 Å². The molecule has 0 bridgehead atoms. The second-order valence-electron chi connectivity index (χ2n) is 4.64. The minimum Gasteiger partial charge on any atom is -0.360 e. The van der Waals surface area contributed by atoms with Crippen LogP contribution in [0.25, 0.3) is 0 Å². The third-order valence-electron chi connectivity index (χ3n) is 2.45. The predicted octanol–water partition coefficient (Wildman–Crippen LogP) is 0.437. The molecular weight excluding hydrogens is 270 g/mol. The molecule has 0 spiro atoms. The van der Waals surface area contributed by atoms with Gasteiger partial charge < -0.3 is 9.84 Å². The molecule has 0 atom stereocenters. The number of sulfonamides is 1. The molecule has 0 unspecified atom stereocenters. The van der Waals surface area contributed by atoms with Crippen molar-refractivity contribution in [1.29, 1.82) is 0 Å². The zero-order chi connectivity index (χ0) is 14.8. The van der Waals surface area contributed by atoms with Crippen LogP contribution in [0, 0.1) is 13.8 Å². The van der Waals surface area contributed by atoms with Gasteiger partial charge in [-0.15, -0.1) is 0 Å². The van der Waals surface area contributed by atoms with Gasteiger partial charge in [0.25, 0.3) is 0 Å². The predicted molar refractivity (Wildman–Crippen MR) is 69.1 cm³/mol. The second-order valence-corrected chi connectivity index (χ2v) is 6.62. The van der Waals surface area contributed by atoms with Crippen molar-refractivity contribution in [3.8, 4) is 0 Å². The van der Waals surface area contributed by atoms with Crippen molar-refractivity contribution < 1.29 is 17.7 Å². The number of hydrogen-bond donors (Lipinski definition) is 1. The lowest BCUT2D eigenvalue weighted by molar-refractivity contribution is -0.121. The molecule has 8 heteroatoms. The Bertz CT molecular complexity index is 543. The molecule has 0 fully saturated rings. The maximum Gasteiger partial charge on any atom is 0.248 e. The summed E-state index contributed by atoms with van der Waals surface area (Å²) in [4.78, 5) is 11.6. The number of aryl methyl sites for hydroxylation is 2. The number of carbonyl (C=O) groups is 1. The molecule has 1 aromatic heterocycles. The number of likely N-dealkylation sites (N-methyl/N-ethyl adjacent to an activating group) is 1. The Morgan fingerprint density at radius 2 is 2.00 bits per heavy atom. The Morgan fingerprint density at radius 3 is 2.42 bits per heavy atom. The van der Waals surface area contributed by atoms with E-state index in [0.717, 1.165) is 4.31 Å². The van der Waals surface area contributed by atoms with Crippen molar-refractivity contribution in [3.63, 3.8) is 0 Å². The molecule has 0 saturated heterocycles. The lowest BCUT2D eigenvalue weighted by atomic mass is 10.4. The summed E-state index contributed by atoms with van der Waals surface area (Å²) < 4.78 is 30.4. The Kier molecular flexibility index (Phi) is 4.70. The molecule has 0 saturated carbocycles. The third-order valence-corrected chi connectivity index (χ3v) is 4.50. The molecule has 0 aliphatic rings. The molecule has 1 aromatic rings. The maximum absolute atomic E-state index is 12.3. The van der Waals surface area contributed by atoms with E-state index < -0.39 is 10.0 Å². The Labute approximate surface area is 113 Å². The molecule has 7 nitrogen and oxygen atoms in total. The smallest absolute Gasteiger partial charge is 0.248 e. The molecule has 0 aliphatic heterocycles. The zero-order valence-corrected chi connectivity index (χ0v) is 12.5. The SMILES string of the molecule is Cc1noc(C)c1S(=O)(=O)N(C)CC(=O)NC(C)C. The fourth-order valence-corrected chi connectivity index (χ4v) is 3.06. The van der Waals surface area contributed by atoms with E-state index in [4.69, 9.17) is 4.52 Å². The van der Waals surface area contributed by atoms with Gasteiger partial charge in [0.2, 0.25) is 15.9 Å². The molecule has 1 N–H and O–H groups in total. The summed E-state index contributed by atoms with van der Waals surface area (Å²) in [6.07, 6.45) is 0. The number of carbonyl (C=O) groups excluding carboxylic acids is 1. The molecule has 19 heavy (non-hydrogen) atoms. The van der Waals surface area contributed by atoms with Crippen molar-refractivity contribution >= 4 is 15.9 Å². The van der Waals surface area contributed by atoms with Gasteiger partial charge in [-0.25, -0.2) is 8.42 Å². The van der Waals surface area contributed by atoms with Crippen LogP contribution in [0.3, 0.4) is 0 Å². The first-order valence-corrected chi connectivity index (χ1v) is 7.28. The minimum absolute atomic E-state index is 0.0207. The highest BCUT2D eigenvalue weighted by atomic mass is 32.2. The lowest BCUT2D eigenvalue weighted by Gasteiger charge is -2.17. The van der Waals surface area contributed by atoms with Crippen LogP contribution in [0.2, 0.25) is 0 Å². The van der Waals surface area contributed by atoms with Crippen LogP contribution < -0.4 is 5.32 Å². The number of nitrogens with one attached hydrogen (secondary N) is 1. The van der Waals surface area contributed by atoms with Gasteiger partial charge in [-0.3, -0.25) is 4.79 Å². The molecule has 0 aliphatic carbocycles. The highest BCUT2D eigenvalue weighted by Crippen LogP contribution is 2.21. The first-order chi connectivity index (χ1) is 8.66. The van der Waals surface area contributed by atoms with E-state index in [1.54, 1.807) is 20.8 Å². The molecule has 1 heterocycles. The minimum atomic E-state index is -3.77. The summed E-state index contributed by atoms with van der Waals surface area (Å²) in [5.41, 5.74) is 0.286. The van der Waals surface area contributed by atoms with Crippen LogP contribution in [0.1, 0.15) is 25.3 Å². The molecule has 1 rings (SSSR count). The number of hydrogen-bond acceptors (Lipinski definition) is 5. The Hall–Kier alpha value is -1.41. The van der Waals surface area contributed by atoms with Gasteiger partial charge in [0.05, 0.1) is 6.54 Å². The third kappa shape index (κ3) is 3.54. The Balaban J connectivity index is 2.93. The Morgan fingerprint density at radius 1 is 1.42 bits per heavy atom. The molecular formula is C11H19N3O4S. The van der Waals surface area contributed by atoms with Crippen molar-refractivity contribution in [2.24, 2.45) is 0 Å². The molecule has 0 radical (unpaired) electrons. The van der Waals surface area contributed by atoms with E-state index in [9.17, 15) is 13.2 Å². The largest absolute Gasteiger partial charge is 0.360 e. The summed E-state index contributed by atoms with van der Waals surface area (Å²) in [7, 11) is -2.42. The highest BCUT2D eigenvalue weighted by molar-refractivity contribution is 7.89. The van der Waals surface area contributed by atoms with E-state index in [1.807, 2.05) is 0 Å². The van der Waals surface area contributed by atoms with Crippen LogP contribution in [-0.4, -0.2) is 43.4 Å². The van der Waals surface area contributed by atoms with Gasteiger partial charge in [-0.05, 0) is 27.7 Å². The lowest BCUT2D eigenvalue weighted by Crippen LogP contribution is -2.41. The van der Waals surface area contributed by atoms with E-state index in [1.165, 1.54) is 14.0 Å². The number of rotatable bonds is 5. The second kappa shape index (κ2) is 5.70. The topological polar surface area (TPSA) is 92.5 Å². The normalized spacial score (nSPS) is 12.2. The van der Waals surface area contributed by atoms with Crippen LogP contribution in [0.4, 0.5) is 0 Å².